The first-order valence-corrected chi connectivity index (χ1v) is 7.26. The van der Waals surface area contributed by atoms with Gasteiger partial charge in [0.2, 0.25) is 0 Å². The second kappa shape index (κ2) is 5.70. The van der Waals surface area contributed by atoms with Crippen molar-refractivity contribution in [3.8, 4) is 0 Å². The lowest BCUT2D eigenvalue weighted by Gasteiger charge is -2.15. The molecule has 0 bridgehead atoms. The first-order valence-electron chi connectivity index (χ1n) is 7.26. The molecule has 0 fully saturated rings. The van der Waals surface area contributed by atoms with Crippen LogP contribution in [0.2, 0.25) is 0 Å². The molecular formula is C18H20N2O. The molecule has 3 aromatic rings. The summed E-state index contributed by atoms with van der Waals surface area (Å²) in [5.41, 5.74) is 3.35. The Hall–Kier alpha value is -2.13. The monoisotopic (exact) mass is 280 g/mol. The molecular weight excluding hydrogens is 260 g/mol. The lowest BCUT2D eigenvalue weighted by atomic mass is 10.0. The zero-order valence-electron chi connectivity index (χ0n) is 12.7. The van der Waals surface area contributed by atoms with E-state index in [2.05, 4.69) is 35.6 Å². The van der Waals surface area contributed by atoms with Gasteiger partial charge in [-0.3, -0.25) is 4.98 Å². The quantitative estimate of drug-likeness (QED) is 0.786. The molecule has 3 rings (SSSR count). The van der Waals surface area contributed by atoms with Crippen molar-refractivity contribution in [3.63, 3.8) is 0 Å². The fourth-order valence-electron chi connectivity index (χ4n) is 2.80. The number of nitrogens with one attached hydrogen (secondary N) is 1. The Balaban J connectivity index is 1.90. The summed E-state index contributed by atoms with van der Waals surface area (Å²) in [5, 5.41) is 4.55. The minimum Gasteiger partial charge on any atom is -0.466 e. The molecule has 108 valence electrons. The van der Waals surface area contributed by atoms with Gasteiger partial charge in [-0.2, -0.15) is 0 Å². The van der Waals surface area contributed by atoms with E-state index in [9.17, 15) is 0 Å². The van der Waals surface area contributed by atoms with E-state index in [1.54, 1.807) is 0 Å². The van der Waals surface area contributed by atoms with Crippen molar-refractivity contribution in [3.05, 3.63) is 65.2 Å². The Bertz CT molecular complexity index is 761. The number of likely N-dealkylation sites (N-methyl/N-ethyl adjacent to an activating group) is 1. The standard InChI is InChI=1S/C18H20N2O/c1-12-10-16(13(2)21-12)18(19-3)11-15-9-8-14-6-4-5-7-17(14)20-15/h4-10,18-19H,11H2,1-3H3. The molecule has 1 aromatic carbocycles. The fraction of sp³-hybridized carbons (Fsp3) is 0.278. The van der Waals surface area contributed by atoms with E-state index in [-0.39, 0.29) is 6.04 Å². The summed E-state index contributed by atoms with van der Waals surface area (Å²) in [6, 6.07) is 14.8. The van der Waals surface area contributed by atoms with E-state index in [1.165, 1.54) is 10.9 Å². The molecule has 1 unspecified atom stereocenters. The number of fused-ring (bicyclic) bond motifs is 1. The topological polar surface area (TPSA) is 38.1 Å². The van der Waals surface area contributed by atoms with Gasteiger partial charge < -0.3 is 9.73 Å². The second-order valence-corrected chi connectivity index (χ2v) is 5.41. The highest BCUT2D eigenvalue weighted by Gasteiger charge is 2.16. The Labute approximate surface area is 125 Å². The van der Waals surface area contributed by atoms with Crippen LogP contribution in [0.5, 0.6) is 0 Å². The van der Waals surface area contributed by atoms with Crippen molar-refractivity contribution < 1.29 is 4.42 Å². The van der Waals surface area contributed by atoms with Gasteiger partial charge in [0.25, 0.3) is 0 Å². The smallest absolute Gasteiger partial charge is 0.105 e. The molecule has 2 aromatic heterocycles. The van der Waals surface area contributed by atoms with Crippen LogP contribution in [0.15, 0.2) is 46.9 Å². The number of aromatic nitrogens is 1. The lowest BCUT2D eigenvalue weighted by Crippen LogP contribution is -2.19. The maximum absolute atomic E-state index is 5.64. The Morgan fingerprint density at radius 3 is 2.67 bits per heavy atom. The second-order valence-electron chi connectivity index (χ2n) is 5.41. The van der Waals surface area contributed by atoms with Crippen LogP contribution in [0.1, 0.15) is 28.8 Å². The van der Waals surface area contributed by atoms with Crippen LogP contribution in [0.4, 0.5) is 0 Å². The molecule has 0 aliphatic heterocycles. The minimum absolute atomic E-state index is 0.219. The molecule has 1 N–H and O–H groups in total. The van der Waals surface area contributed by atoms with Crippen LogP contribution in [-0.4, -0.2) is 12.0 Å². The number of aryl methyl sites for hydroxylation is 2. The van der Waals surface area contributed by atoms with Crippen LogP contribution in [0.3, 0.4) is 0 Å². The molecule has 3 heteroatoms. The largest absolute Gasteiger partial charge is 0.466 e. The zero-order valence-corrected chi connectivity index (χ0v) is 12.7. The predicted octanol–water partition coefficient (Wildman–Crippen LogP) is 3.95. The summed E-state index contributed by atoms with van der Waals surface area (Å²) in [4.78, 5) is 4.75. The van der Waals surface area contributed by atoms with Crippen LogP contribution in [0, 0.1) is 13.8 Å². The first-order chi connectivity index (χ1) is 10.2. The maximum Gasteiger partial charge on any atom is 0.105 e. The summed E-state index contributed by atoms with van der Waals surface area (Å²) in [5.74, 6) is 1.93. The zero-order chi connectivity index (χ0) is 14.8. The van der Waals surface area contributed by atoms with Crippen molar-refractivity contribution in [1.82, 2.24) is 10.3 Å². The summed E-state index contributed by atoms with van der Waals surface area (Å²) >= 11 is 0. The maximum atomic E-state index is 5.64. The number of benzene rings is 1. The average Bonchev–Trinajstić information content (AvgIpc) is 2.83. The third-order valence-electron chi connectivity index (χ3n) is 3.87. The van der Waals surface area contributed by atoms with E-state index in [0.29, 0.717) is 0 Å². The number of para-hydroxylation sites is 1. The molecule has 0 aliphatic carbocycles. The third kappa shape index (κ3) is 2.83. The highest BCUT2D eigenvalue weighted by Crippen LogP contribution is 2.24. The van der Waals surface area contributed by atoms with Gasteiger partial charge in [0.05, 0.1) is 5.52 Å². The van der Waals surface area contributed by atoms with Crippen molar-refractivity contribution in [1.29, 1.82) is 0 Å². The van der Waals surface area contributed by atoms with Gasteiger partial charge in [0, 0.05) is 29.1 Å². The summed E-state index contributed by atoms with van der Waals surface area (Å²) in [6.45, 7) is 4.00. The van der Waals surface area contributed by atoms with Crippen molar-refractivity contribution >= 4 is 10.9 Å². The molecule has 0 saturated heterocycles. The molecule has 0 saturated carbocycles. The van der Waals surface area contributed by atoms with Gasteiger partial charge in [-0.05, 0) is 39.1 Å². The van der Waals surface area contributed by atoms with E-state index < -0.39 is 0 Å². The molecule has 2 heterocycles. The van der Waals surface area contributed by atoms with E-state index >= 15 is 0 Å². The van der Waals surface area contributed by atoms with E-state index in [0.717, 1.165) is 29.2 Å². The van der Waals surface area contributed by atoms with Crippen molar-refractivity contribution in [2.24, 2.45) is 0 Å². The number of pyridine rings is 1. The first kappa shape index (κ1) is 13.8. The fourth-order valence-corrected chi connectivity index (χ4v) is 2.80. The number of furan rings is 1. The normalized spacial score (nSPS) is 12.7. The van der Waals surface area contributed by atoms with Crippen molar-refractivity contribution in [2.45, 2.75) is 26.3 Å². The lowest BCUT2D eigenvalue weighted by molar-refractivity contribution is 0.489. The van der Waals surface area contributed by atoms with Crippen molar-refractivity contribution in [2.75, 3.05) is 7.05 Å². The molecule has 0 aliphatic rings. The molecule has 0 amide bonds. The van der Waals surface area contributed by atoms with Gasteiger partial charge in [-0.1, -0.05) is 24.3 Å². The Kier molecular flexibility index (Phi) is 3.76. The van der Waals surface area contributed by atoms with Gasteiger partial charge in [0.1, 0.15) is 11.5 Å². The number of hydrogen-bond donors (Lipinski definition) is 1. The van der Waals surface area contributed by atoms with E-state index in [1.807, 2.05) is 33.0 Å². The van der Waals surface area contributed by atoms with Gasteiger partial charge >= 0.3 is 0 Å². The minimum atomic E-state index is 0.219. The Morgan fingerprint density at radius 1 is 1.14 bits per heavy atom. The SMILES string of the molecule is CNC(Cc1ccc2ccccc2n1)c1cc(C)oc1C. The summed E-state index contributed by atoms with van der Waals surface area (Å²) in [6.07, 6.45) is 0.848. The van der Waals surface area contributed by atoms with Crippen LogP contribution in [0.25, 0.3) is 10.9 Å². The number of hydrogen-bond acceptors (Lipinski definition) is 3. The number of rotatable bonds is 4. The Morgan fingerprint density at radius 2 is 1.95 bits per heavy atom. The van der Waals surface area contributed by atoms with Gasteiger partial charge in [0.15, 0.2) is 0 Å². The molecule has 21 heavy (non-hydrogen) atoms. The highest BCUT2D eigenvalue weighted by molar-refractivity contribution is 5.78. The van der Waals surface area contributed by atoms with Crippen LogP contribution >= 0.6 is 0 Å². The van der Waals surface area contributed by atoms with Gasteiger partial charge in [-0.25, -0.2) is 0 Å². The molecule has 0 spiro atoms. The van der Waals surface area contributed by atoms with Crippen LogP contribution < -0.4 is 5.32 Å². The number of nitrogens with zero attached hydrogens (tertiary/aromatic N) is 1. The summed E-state index contributed by atoms with van der Waals surface area (Å²) in [7, 11) is 1.98. The highest BCUT2D eigenvalue weighted by atomic mass is 16.3. The van der Waals surface area contributed by atoms with Gasteiger partial charge in [-0.15, -0.1) is 0 Å². The predicted molar refractivity (Wildman–Crippen MR) is 85.4 cm³/mol. The average molecular weight is 280 g/mol. The summed E-state index contributed by atoms with van der Waals surface area (Å²) < 4.78 is 5.64. The molecule has 1 atom stereocenters. The third-order valence-corrected chi connectivity index (χ3v) is 3.87. The van der Waals surface area contributed by atoms with Crippen LogP contribution in [-0.2, 0) is 6.42 Å². The molecule has 0 radical (unpaired) electrons. The van der Waals surface area contributed by atoms with E-state index in [4.69, 9.17) is 9.40 Å². The molecule has 3 nitrogen and oxygen atoms in total.